The first-order chi connectivity index (χ1) is 19.9. The Kier molecular flexibility index (Phi) is 24.5. The third kappa shape index (κ3) is 24.3. The summed E-state index contributed by atoms with van der Waals surface area (Å²) in [7, 11) is 1.67. The van der Waals surface area contributed by atoms with Crippen molar-refractivity contribution in [3.63, 3.8) is 0 Å². The standard InChI is InChI=1S/C31H60O11/c1-12-31(32)42-21-30(10)41-20-29(9)40-19-28(8)39-18-27(7)38-17-26(6)37-16-25(5)36-15-24(4)35-14-23(3)34-13-22(2)33-11/h12,22-30H,1,13-21H2,2-11H3. The molecular formula is C31H60O11. The lowest BCUT2D eigenvalue weighted by atomic mass is 10.3. The molecule has 0 aromatic heterocycles. The minimum Gasteiger partial charge on any atom is -0.460 e. The lowest BCUT2D eigenvalue weighted by Gasteiger charge is -2.23. The quantitative estimate of drug-likeness (QED) is 0.0950. The topological polar surface area (TPSA) is 109 Å². The second-order valence-corrected chi connectivity index (χ2v) is 11.0. The first-order valence-corrected chi connectivity index (χ1v) is 15.1. The van der Waals surface area contributed by atoms with E-state index in [1.54, 1.807) is 7.11 Å². The van der Waals surface area contributed by atoms with Gasteiger partial charge in [0.15, 0.2) is 0 Å². The number of carbonyl (C=O) groups excluding carboxylic acids is 1. The van der Waals surface area contributed by atoms with Gasteiger partial charge in [-0.15, -0.1) is 0 Å². The van der Waals surface area contributed by atoms with E-state index in [0.29, 0.717) is 52.9 Å². The molecule has 0 amide bonds. The highest BCUT2D eigenvalue weighted by Crippen LogP contribution is 2.06. The van der Waals surface area contributed by atoms with E-state index >= 15 is 0 Å². The molecule has 0 heterocycles. The lowest BCUT2D eigenvalue weighted by Crippen LogP contribution is -2.30. The Balaban J connectivity index is 3.90. The van der Waals surface area contributed by atoms with Crippen LogP contribution < -0.4 is 0 Å². The number of carbonyl (C=O) groups is 1. The van der Waals surface area contributed by atoms with E-state index in [4.69, 9.17) is 47.4 Å². The number of esters is 1. The zero-order valence-corrected chi connectivity index (χ0v) is 27.8. The summed E-state index contributed by atoms with van der Waals surface area (Å²) in [5.41, 5.74) is 0. The van der Waals surface area contributed by atoms with Gasteiger partial charge in [-0.2, -0.15) is 0 Å². The molecule has 0 spiro atoms. The zero-order chi connectivity index (χ0) is 31.9. The van der Waals surface area contributed by atoms with Gasteiger partial charge in [-0.3, -0.25) is 0 Å². The molecule has 0 aromatic rings. The smallest absolute Gasteiger partial charge is 0.330 e. The molecule has 0 bridgehead atoms. The maximum Gasteiger partial charge on any atom is 0.330 e. The molecule has 0 radical (unpaired) electrons. The Hall–Kier alpha value is -1.15. The van der Waals surface area contributed by atoms with Crippen LogP contribution in [-0.4, -0.2) is 127 Å². The fourth-order valence-electron chi connectivity index (χ4n) is 3.11. The van der Waals surface area contributed by atoms with Crippen LogP contribution in [-0.2, 0) is 52.2 Å². The highest BCUT2D eigenvalue weighted by atomic mass is 16.6. The maximum atomic E-state index is 11.1. The highest BCUT2D eigenvalue weighted by Gasteiger charge is 2.15. The predicted molar refractivity (Wildman–Crippen MR) is 161 cm³/mol. The average Bonchev–Trinajstić information content (AvgIpc) is 2.98. The molecule has 0 saturated carbocycles. The van der Waals surface area contributed by atoms with Crippen molar-refractivity contribution in [2.75, 3.05) is 66.6 Å². The third-order valence-corrected chi connectivity index (χ3v) is 5.95. The van der Waals surface area contributed by atoms with Crippen molar-refractivity contribution in [1.29, 1.82) is 0 Å². The monoisotopic (exact) mass is 608 g/mol. The van der Waals surface area contributed by atoms with Crippen molar-refractivity contribution in [3.05, 3.63) is 12.7 Å². The Bertz CT molecular complexity index is 665. The molecule has 42 heavy (non-hydrogen) atoms. The van der Waals surface area contributed by atoms with Crippen LogP contribution in [0.15, 0.2) is 12.7 Å². The second-order valence-electron chi connectivity index (χ2n) is 11.0. The molecule has 11 nitrogen and oxygen atoms in total. The normalized spacial score (nSPS) is 18.3. The molecule has 0 aliphatic rings. The number of hydrogen-bond acceptors (Lipinski definition) is 11. The van der Waals surface area contributed by atoms with E-state index in [1.807, 2.05) is 62.3 Å². The fraction of sp³-hybridized carbons (Fsp3) is 0.903. The molecule has 0 rings (SSSR count). The van der Waals surface area contributed by atoms with E-state index < -0.39 is 5.97 Å². The summed E-state index contributed by atoms with van der Waals surface area (Å²) >= 11 is 0. The first kappa shape index (κ1) is 40.9. The second kappa shape index (κ2) is 25.2. The summed E-state index contributed by atoms with van der Waals surface area (Å²) in [5.74, 6) is -0.464. The fourth-order valence-corrected chi connectivity index (χ4v) is 3.11. The van der Waals surface area contributed by atoms with Gasteiger partial charge >= 0.3 is 5.97 Å². The van der Waals surface area contributed by atoms with Crippen LogP contribution in [0, 0.1) is 0 Å². The average molecular weight is 609 g/mol. The molecule has 0 saturated heterocycles. The summed E-state index contributed by atoms with van der Waals surface area (Å²) < 4.78 is 56.6. The molecule has 9 atom stereocenters. The van der Waals surface area contributed by atoms with E-state index in [-0.39, 0.29) is 61.5 Å². The van der Waals surface area contributed by atoms with Crippen LogP contribution in [0.3, 0.4) is 0 Å². The van der Waals surface area contributed by atoms with E-state index in [2.05, 4.69) is 6.58 Å². The maximum absolute atomic E-state index is 11.1. The Morgan fingerprint density at radius 2 is 0.667 bits per heavy atom. The molecule has 0 N–H and O–H groups in total. The van der Waals surface area contributed by atoms with Crippen LogP contribution in [0.5, 0.6) is 0 Å². The third-order valence-electron chi connectivity index (χ3n) is 5.95. The SMILES string of the molecule is C=CC(=O)OCC(C)OCC(C)OCC(C)OCC(C)OCC(C)OCC(C)OCC(C)OCC(C)OCC(C)OC. The van der Waals surface area contributed by atoms with Crippen molar-refractivity contribution < 1.29 is 52.2 Å². The van der Waals surface area contributed by atoms with Gasteiger partial charge in [0.1, 0.15) is 6.61 Å². The van der Waals surface area contributed by atoms with Crippen LogP contribution in [0.1, 0.15) is 62.3 Å². The minimum absolute atomic E-state index is 0.0110. The first-order valence-electron chi connectivity index (χ1n) is 15.1. The van der Waals surface area contributed by atoms with Gasteiger partial charge in [-0.1, -0.05) is 6.58 Å². The van der Waals surface area contributed by atoms with Crippen molar-refractivity contribution in [1.82, 2.24) is 0 Å². The van der Waals surface area contributed by atoms with Gasteiger partial charge in [-0.05, 0) is 62.3 Å². The minimum atomic E-state index is -0.464. The Labute approximate surface area is 254 Å². The molecule has 9 unspecified atom stereocenters. The van der Waals surface area contributed by atoms with Crippen LogP contribution >= 0.6 is 0 Å². The van der Waals surface area contributed by atoms with Crippen LogP contribution in [0.4, 0.5) is 0 Å². The molecular weight excluding hydrogens is 548 g/mol. The summed E-state index contributed by atoms with van der Waals surface area (Å²) in [6.07, 6.45) is 0.444. The van der Waals surface area contributed by atoms with Gasteiger partial charge in [0.05, 0.1) is 108 Å². The van der Waals surface area contributed by atoms with E-state index in [1.165, 1.54) is 0 Å². The predicted octanol–water partition coefficient (Wildman–Crippen LogP) is 3.99. The summed E-state index contributed by atoms with van der Waals surface area (Å²) in [5, 5.41) is 0. The van der Waals surface area contributed by atoms with Gasteiger partial charge < -0.3 is 47.4 Å². The molecule has 0 aliphatic carbocycles. The largest absolute Gasteiger partial charge is 0.460 e. The summed E-state index contributed by atoms with van der Waals surface area (Å²) in [6, 6.07) is 0. The summed E-state index contributed by atoms with van der Waals surface area (Å²) in [4.78, 5) is 11.1. The molecule has 0 fully saturated rings. The number of methoxy groups -OCH3 is 1. The van der Waals surface area contributed by atoms with Crippen LogP contribution in [0.25, 0.3) is 0 Å². The molecule has 11 heteroatoms. The highest BCUT2D eigenvalue weighted by molar-refractivity contribution is 5.81. The van der Waals surface area contributed by atoms with Crippen molar-refractivity contribution in [3.8, 4) is 0 Å². The number of rotatable bonds is 28. The van der Waals surface area contributed by atoms with Crippen LogP contribution in [0.2, 0.25) is 0 Å². The molecule has 0 aliphatic heterocycles. The van der Waals surface area contributed by atoms with Gasteiger partial charge in [0, 0.05) is 13.2 Å². The lowest BCUT2D eigenvalue weighted by molar-refractivity contribution is -0.143. The molecule has 0 aromatic carbocycles. The zero-order valence-electron chi connectivity index (χ0n) is 27.8. The van der Waals surface area contributed by atoms with Gasteiger partial charge in [0.2, 0.25) is 0 Å². The Morgan fingerprint density at radius 3 is 0.881 bits per heavy atom. The van der Waals surface area contributed by atoms with Crippen molar-refractivity contribution in [2.24, 2.45) is 0 Å². The van der Waals surface area contributed by atoms with Gasteiger partial charge in [0.25, 0.3) is 0 Å². The number of ether oxygens (including phenoxy) is 10. The summed E-state index contributed by atoms with van der Waals surface area (Å²) in [6.45, 7) is 24.8. The Morgan fingerprint density at radius 1 is 0.452 bits per heavy atom. The van der Waals surface area contributed by atoms with E-state index in [0.717, 1.165) is 6.08 Å². The van der Waals surface area contributed by atoms with Gasteiger partial charge in [-0.25, -0.2) is 4.79 Å². The molecule has 250 valence electrons. The van der Waals surface area contributed by atoms with E-state index in [9.17, 15) is 4.79 Å². The van der Waals surface area contributed by atoms with Crippen molar-refractivity contribution in [2.45, 2.75) is 117 Å². The number of hydrogen-bond donors (Lipinski definition) is 0. The van der Waals surface area contributed by atoms with Crippen molar-refractivity contribution >= 4 is 5.97 Å².